The predicted molar refractivity (Wildman–Crippen MR) is 127 cm³/mol. The standard InChI is InChI=1S/C25H47NO6/c1-5-9-10-11-12-13-14-15-19-26(20(16-6-2)23(27)28,21(17-7-3)24(29)30)22(18-8-4)25(31)32/h20-22H,5-19H2,1-4H3,(H2-,27,28,29,30,31,32)/p+1. The fourth-order valence-corrected chi connectivity index (χ4v) is 5.17. The summed E-state index contributed by atoms with van der Waals surface area (Å²) >= 11 is 0. The van der Waals surface area contributed by atoms with E-state index in [-0.39, 0.29) is 30.3 Å². The van der Waals surface area contributed by atoms with Gasteiger partial charge in [-0.1, -0.05) is 66.2 Å². The van der Waals surface area contributed by atoms with Crippen LogP contribution in [0.15, 0.2) is 0 Å². The highest BCUT2D eigenvalue weighted by molar-refractivity contribution is 5.78. The SMILES string of the molecule is CCCCCCCCCC[N+](C(CCC)C(=O)O)(C(CCC)C(=O)O)C(CCC)C(=O)O. The quantitative estimate of drug-likeness (QED) is 0.150. The Labute approximate surface area is 194 Å². The van der Waals surface area contributed by atoms with E-state index in [1.54, 1.807) is 0 Å². The third-order valence-electron chi connectivity index (χ3n) is 6.68. The van der Waals surface area contributed by atoms with Gasteiger partial charge in [0, 0.05) is 19.3 Å². The molecule has 0 aromatic rings. The lowest BCUT2D eigenvalue weighted by Gasteiger charge is -2.50. The van der Waals surface area contributed by atoms with Crippen LogP contribution in [0.25, 0.3) is 0 Å². The van der Waals surface area contributed by atoms with Gasteiger partial charge in [-0.05, 0) is 32.1 Å². The first-order valence-corrected chi connectivity index (χ1v) is 12.8. The number of carbonyl (C=O) groups is 3. The topological polar surface area (TPSA) is 112 Å². The van der Waals surface area contributed by atoms with Crippen molar-refractivity contribution in [3.05, 3.63) is 0 Å². The van der Waals surface area contributed by atoms with E-state index in [0.29, 0.717) is 25.7 Å². The van der Waals surface area contributed by atoms with E-state index in [9.17, 15) is 29.7 Å². The summed E-state index contributed by atoms with van der Waals surface area (Å²) in [4.78, 5) is 37.3. The van der Waals surface area contributed by atoms with Gasteiger partial charge in [0.2, 0.25) is 0 Å². The summed E-state index contributed by atoms with van der Waals surface area (Å²) in [5.74, 6) is -3.26. The predicted octanol–water partition coefficient (Wildman–Crippen LogP) is 5.70. The van der Waals surface area contributed by atoms with Crippen molar-refractivity contribution in [3.8, 4) is 0 Å². The first kappa shape index (κ1) is 30.4. The van der Waals surface area contributed by atoms with Crippen molar-refractivity contribution in [1.82, 2.24) is 0 Å². The van der Waals surface area contributed by atoms with E-state index < -0.39 is 36.0 Å². The zero-order chi connectivity index (χ0) is 24.6. The van der Waals surface area contributed by atoms with Crippen molar-refractivity contribution < 1.29 is 34.2 Å². The van der Waals surface area contributed by atoms with E-state index >= 15 is 0 Å². The smallest absolute Gasteiger partial charge is 0.362 e. The lowest BCUT2D eigenvalue weighted by molar-refractivity contribution is -0.973. The summed E-state index contributed by atoms with van der Waals surface area (Å²) in [5.41, 5.74) is 0. The van der Waals surface area contributed by atoms with Gasteiger partial charge in [-0.25, -0.2) is 14.4 Å². The second kappa shape index (κ2) is 16.9. The second-order valence-corrected chi connectivity index (χ2v) is 9.12. The Hall–Kier alpha value is -1.63. The van der Waals surface area contributed by atoms with Crippen LogP contribution < -0.4 is 0 Å². The molecule has 0 fully saturated rings. The summed E-state index contributed by atoms with van der Waals surface area (Å²) in [6.07, 6.45) is 10.9. The van der Waals surface area contributed by atoms with Crippen molar-refractivity contribution in [3.63, 3.8) is 0 Å². The van der Waals surface area contributed by atoms with Crippen LogP contribution in [-0.2, 0) is 14.4 Å². The Balaban J connectivity index is 6.09. The zero-order valence-corrected chi connectivity index (χ0v) is 20.9. The Morgan fingerprint density at radius 1 is 0.531 bits per heavy atom. The molecule has 0 amide bonds. The second-order valence-electron chi connectivity index (χ2n) is 9.12. The van der Waals surface area contributed by atoms with Crippen LogP contribution in [-0.4, -0.2) is 62.4 Å². The largest absolute Gasteiger partial charge is 0.477 e. The number of quaternary nitrogens is 1. The minimum atomic E-state index is -1.09. The molecule has 3 atom stereocenters. The maximum atomic E-state index is 12.4. The van der Waals surface area contributed by atoms with Crippen molar-refractivity contribution in [1.29, 1.82) is 0 Å². The molecule has 0 saturated carbocycles. The van der Waals surface area contributed by atoms with Crippen molar-refractivity contribution in [2.75, 3.05) is 6.54 Å². The fourth-order valence-electron chi connectivity index (χ4n) is 5.17. The van der Waals surface area contributed by atoms with Crippen LogP contribution in [0.1, 0.15) is 118 Å². The summed E-state index contributed by atoms with van der Waals surface area (Å²) in [7, 11) is 0. The molecule has 7 heteroatoms. The molecule has 7 nitrogen and oxygen atoms in total. The van der Waals surface area contributed by atoms with E-state index in [1.807, 2.05) is 20.8 Å². The first-order valence-electron chi connectivity index (χ1n) is 12.8. The molecule has 188 valence electrons. The first-order chi connectivity index (χ1) is 15.2. The highest BCUT2D eigenvalue weighted by Crippen LogP contribution is 2.34. The van der Waals surface area contributed by atoms with E-state index in [0.717, 1.165) is 19.3 Å². The lowest BCUT2D eigenvalue weighted by Crippen LogP contribution is -2.72. The maximum Gasteiger partial charge on any atom is 0.362 e. The van der Waals surface area contributed by atoms with Crippen LogP contribution in [0.3, 0.4) is 0 Å². The molecule has 0 aliphatic heterocycles. The summed E-state index contributed by atoms with van der Waals surface area (Å²) in [5, 5.41) is 30.5. The molecule has 0 saturated heterocycles. The summed E-state index contributed by atoms with van der Waals surface area (Å²) in [6, 6.07) is -3.11. The van der Waals surface area contributed by atoms with Gasteiger partial charge < -0.3 is 15.3 Å². The molecule has 0 aromatic carbocycles. The number of rotatable bonds is 21. The summed E-state index contributed by atoms with van der Waals surface area (Å²) in [6.45, 7) is 8.06. The third-order valence-corrected chi connectivity index (χ3v) is 6.68. The van der Waals surface area contributed by atoms with Crippen LogP contribution in [0.5, 0.6) is 0 Å². The van der Waals surface area contributed by atoms with Crippen LogP contribution in [0, 0.1) is 0 Å². The highest BCUT2D eigenvalue weighted by atomic mass is 16.4. The number of hydrogen-bond donors (Lipinski definition) is 3. The normalized spacial score (nSPS) is 16.1. The Bertz CT molecular complexity index is 491. The van der Waals surface area contributed by atoms with Gasteiger partial charge in [-0.15, -0.1) is 0 Å². The number of carboxylic acids is 3. The number of unbranched alkanes of at least 4 members (excludes halogenated alkanes) is 7. The lowest BCUT2D eigenvalue weighted by atomic mass is 9.91. The van der Waals surface area contributed by atoms with Gasteiger partial charge in [0.1, 0.15) is 0 Å². The van der Waals surface area contributed by atoms with Crippen LogP contribution in [0.2, 0.25) is 0 Å². The number of carboxylic acid groups (broad SMARTS) is 3. The van der Waals surface area contributed by atoms with Gasteiger partial charge >= 0.3 is 17.9 Å². The van der Waals surface area contributed by atoms with Crippen molar-refractivity contribution in [2.45, 2.75) is 136 Å². The molecular formula is C25H48NO6+. The molecule has 3 N–H and O–H groups in total. The molecule has 0 aliphatic rings. The molecule has 3 unspecified atom stereocenters. The van der Waals surface area contributed by atoms with Crippen molar-refractivity contribution in [2.24, 2.45) is 0 Å². The van der Waals surface area contributed by atoms with Gasteiger partial charge in [0.15, 0.2) is 18.1 Å². The minimum Gasteiger partial charge on any atom is -0.477 e. The molecule has 0 heterocycles. The number of hydrogen-bond acceptors (Lipinski definition) is 3. The Morgan fingerprint density at radius 2 is 0.844 bits per heavy atom. The molecule has 0 bridgehead atoms. The van der Waals surface area contributed by atoms with Gasteiger partial charge in [-0.2, -0.15) is 0 Å². The molecule has 0 aromatic heterocycles. The highest BCUT2D eigenvalue weighted by Gasteiger charge is 2.56. The van der Waals surface area contributed by atoms with Gasteiger partial charge in [-0.3, -0.25) is 4.48 Å². The third kappa shape index (κ3) is 9.08. The number of nitrogens with zero attached hydrogens (tertiary/aromatic N) is 1. The van der Waals surface area contributed by atoms with Crippen LogP contribution in [0.4, 0.5) is 0 Å². The average Bonchev–Trinajstić information content (AvgIpc) is 2.73. The van der Waals surface area contributed by atoms with E-state index in [2.05, 4.69) is 6.92 Å². The maximum absolute atomic E-state index is 12.4. The van der Waals surface area contributed by atoms with Crippen LogP contribution >= 0.6 is 0 Å². The Morgan fingerprint density at radius 3 is 1.12 bits per heavy atom. The van der Waals surface area contributed by atoms with Crippen molar-refractivity contribution >= 4 is 17.9 Å². The summed E-state index contributed by atoms with van der Waals surface area (Å²) < 4.78 is -0.370. The Kier molecular flexibility index (Phi) is 16.1. The van der Waals surface area contributed by atoms with Gasteiger partial charge in [0.05, 0.1) is 6.54 Å². The molecule has 0 spiro atoms. The molecule has 32 heavy (non-hydrogen) atoms. The van der Waals surface area contributed by atoms with Gasteiger partial charge in [0.25, 0.3) is 0 Å². The minimum absolute atomic E-state index is 0.271. The zero-order valence-electron chi connectivity index (χ0n) is 20.9. The van der Waals surface area contributed by atoms with E-state index in [4.69, 9.17) is 0 Å². The molecule has 0 rings (SSSR count). The average molecular weight is 459 g/mol. The molecular weight excluding hydrogens is 410 g/mol. The van der Waals surface area contributed by atoms with E-state index in [1.165, 1.54) is 25.7 Å². The number of aliphatic carboxylic acids is 3. The fraction of sp³-hybridized carbons (Fsp3) is 0.880. The monoisotopic (exact) mass is 458 g/mol. The molecule has 0 radical (unpaired) electrons. The molecule has 0 aliphatic carbocycles.